The van der Waals surface area contributed by atoms with Crippen LogP contribution in [0.1, 0.15) is 29.5 Å². The minimum absolute atomic E-state index is 0.164. The van der Waals surface area contributed by atoms with Crippen molar-refractivity contribution in [3.8, 4) is 0 Å². The van der Waals surface area contributed by atoms with E-state index in [1.807, 2.05) is 24.3 Å². The maximum atomic E-state index is 13.6. The Morgan fingerprint density at radius 3 is 2.81 bits per heavy atom. The zero-order chi connectivity index (χ0) is 14.4. The van der Waals surface area contributed by atoms with E-state index in [4.69, 9.17) is 11.6 Å². The van der Waals surface area contributed by atoms with E-state index in [9.17, 15) is 4.39 Å². The number of anilines is 1. The molecule has 1 N–H and O–H groups in total. The highest BCUT2D eigenvalue weighted by Gasteiger charge is 2.38. The van der Waals surface area contributed by atoms with Crippen molar-refractivity contribution >= 4 is 17.3 Å². The first-order chi connectivity index (χ1) is 10.2. The topological polar surface area (TPSA) is 12.0 Å². The highest BCUT2D eigenvalue weighted by atomic mass is 35.5. The van der Waals surface area contributed by atoms with Gasteiger partial charge in [-0.2, -0.15) is 0 Å². The number of allylic oxidation sites excluding steroid dienone is 2. The van der Waals surface area contributed by atoms with Crippen LogP contribution >= 0.6 is 11.6 Å². The highest BCUT2D eigenvalue weighted by molar-refractivity contribution is 6.31. The van der Waals surface area contributed by atoms with Crippen molar-refractivity contribution in [2.75, 3.05) is 5.32 Å². The first kappa shape index (κ1) is 12.9. The van der Waals surface area contributed by atoms with Crippen molar-refractivity contribution in [1.29, 1.82) is 0 Å². The fourth-order valence-corrected chi connectivity index (χ4v) is 3.85. The van der Waals surface area contributed by atoms with Crippen LogP contribution in [0.5, 0.6) is 0 Å². The quantitative estimate of drug-likeness (QED) is 0.704. The van der Waals surface area contributed by atoms with Crippen LogP contribution in [-0.4, -0.2) is 0 Å². The number of fused-ring (bicyclic) bond motifs is 3. The van der Waals surface area contributed by atoms with Gasteiger partial charge in [-0.05, 0) is 47.7 Å². The van der Waals surface area contributed by atoms with Crippen molar-refractivity contribution in [1.82, 2.24) is 0 Å². The monoisotopic (exact) mass is 299 g/mol. The van der Waals surface area contributed by atoms with Gasteiger partial charge in [0.15, 0.2) is 0 Å². The van der Waals surface area contributed by atoms with Crippen molar-refractivity contribution in [2.24, 2.45) is 5.92 Å². The molecule has 21 heavy (non-hydrogen) atoms. The molecule has 106 valence electrons. The molecule has 0 aromatic heterocycles. The summed E-state index contributed by atoms with van der Waals surface area (Å²) in [4.78, 5) is 0. The summed E-state index contributed by atoms with van der Waals surface area (Å²) in [6.45, 7) is 0. The smallest absolute Gasteiger partial charge is 0.123 e. The molecule has 1 heterocycles. The predicted molar refractivity (Wildman–Crippen MR) is 84.2 cm³/mol. The molecule has 3 heteroatoms. The van der Waals surface area contributed by atoms with Crippen LogP contribution in [0, 0.1) is 11.7 Å². The second kappa shape index (κ2) is 4.88. The SMILES string of the molecule is Fc1ccc2c(c1)[C@H]1C=CC[C@H]1[C@H](c1ccccc1Cl)N2. The maximum Gasteiger partial charge on any atom is 0.123 e. The minimum atomic E-state index is -0.175. The molecular weight excluding hydrogens is 285 g/mol. The number of hydrogen-bond donors (Lipinski definition) is 1. The molecular formula is C18H15ClFN. The molecule has 0 saturated heterocycles. The van der Waals surface area contributed by atoms with Gasteiger partial charge in [-0.15, -0.1) is 0 Å². The molecule has 0 amide bonds. The number of benzene rings is 2. The third-order valence-electron chi connectivity index (χ3n) is 4.57. The molecule has 3 atom stereocenters. The lowest BCUT2D eigenvalue weighted by Crippen LogP contribution is -2.29. The van der Waals surface area contributed by atoms with Crippen molar-refractivity contribution in [2.45, 2.75) is 18.4 Å². The van der Waals surface area contributed by atoms with Gasteiger partial charge in [-0.3, -0.25) is 0 Å². The molecule has 0 fully saturated rings. The molecule has 0 spiro atoms. The lowest BCUT2D eigenvalue weighted by Gasteiger charge is -2.37. The third-order valence-corrected chi connectivity index (χ3v) is 4.91. The molecule has 1 aliphatic heterocycles. The van der Waals surface area contributed by atoms with Crippen LogP contribution in [0.2, 0.25) is 5.02 Å². The second-order valence-electron chi connectivity index (χ2n) is 5.73. The standard InChI is InChI=1S/C18H15ClFN/c19-16-7-2-1-4-14(16)18-13-6-3-5-12(13)15-10-11(20)8-9-17(15)21-18/h1-5,7-10,12-13,18,21H,6H2/t12-,13+,18+/m0/s1. The Labute approximate surface area is 128 Å². The zero-order valence-corrected chi connectivity index (χ0v) is 12.1. The molecule has 4 rings (SSSR count). The Hall–Kier alpha value is -1.80. The third kappa shape index (κ3) is 2.06. The molecule has 0 radical (unpaired) electrons. The van der Waals surface area contributed by atoms with Gasteiger partial charge in [0.2, 0.25) is 0 Å². The first-order valence-electron chi connectivity index (χ1n) is 7.21. The van der Waals surface area contributed by atoms with E-state index >= 15 is 0 Å². The van der Waals surface area contributed by atoms with E-state index in [-0.39, 0.29) is 17.8 Å². The molecule has 1 aliphatic carbocycles. The van der Waals surface area contributed by atoms with Gasteiger partial charge in [0.1, 0.15) is 5.82 Å². The van der Waals surface area contributed by atoms with E-state index in [0.29, 0.717) is 5.92 Å². The second-order valence-corrected chi connectivity index (χ2v) is 6.14. The van der Waals surface area contributed by atoms with Gasteiger partial charge in [-0.1, -0.05) is 42.0 Å². The van der Waals surface area contributed by atoms with Gasteiger partial charge in [0.25, 0.3) is 0 Å². The van der Waals surface area contributed by atoms with E-state index < -0.39 is 0 Å². The minimum Gasteiger partial charge on any atom is -0.378 e. The molecule has 1 nitrogen and oxygen atoms in total. The predicted octanol–water partition coefficient (Wildman–Crippen LogP) is 5.31. The van der Waals surface area contributed by atoms with Crippen LogP contribution in [0.3, 0.4) is 0 Å². The van der Waals surface area contributed by atoms with Gasteiger partial charge < -0.3 is 5.32 Å². The Kier molecular flexibility index (Phi) is 3.00. The fourth-order valence-electron chi connectivity index (χ4n) is 3.60. The molecule has 2 aromatic carbocycles. The summed E-state index contributed by atoms with van der Waals surface area (Å²) in [6.07, 6.45) is 5.39. The summed E-state index contributed by atoms with van der Waals surface area (Å²) in [6, 6.07) is 13.1. The van der Waals surface area contributed by atoms with Gasteiger partial charge in [0.05, 0.1) is 6.04 Å². The van der Waals surface area contributed by atoms with Crippen LogP contribution in [0.4, 0.5) is 10.1 Å². The van der Waals surface area contributed by atoms with E-state index in [2.05, 4.69) is 23.5 Å². The van der Waals surface area contributed by atoms with E-state index in [0.717, 1.165) is 28.3 Å². The lowest BCUT2D eigenvalue weighted by molar-refractivity contribution is 0.424. The summed E-state index contributed by atoms with van der Waals surface area (Å²) in [5.74, 6) is 0.475. The first-order valence-corrected chi connectivity index (χ1v) is 7.59. The average molecular weight is 300 g/mol. The Morgan fingerprint density at radius 1 is 1.10 bits per heavy atom. The summed E-state index contributed by atoms with van der Waals surface area (Å²) >= 11 is 6.38. The molecule has 2 aromatic rings. The van der Waals surface area contributed by atoms with E-state index in [1.165, 1.54) is 6.07 Å². The largest absolute Gasteiger partial charge is 0.378 e. The summed E-state index contributed by atoms with van der Waals surface area (Å²) in [5, 5.41) is 4.35. The van der Waals surface area contributed by atoms with Crippen molar-refractivity contribution < 1.29 is 4.39 Å². The van der Waals surface area contributed by atoms with Crippen molar-refractivity contribution in [3.63, 3.8) is 0 Å². The van der Waals surface area contributed by atoms with Crippen LogP contribution in [-0.2, 0) is 0 Å². The average Bonchev–Trinajstić information content (AvgIpc) is 2.97. The number of hydrogen-bond acceptors (Lipinski definition) is 1. The molecule has 0 bridgehead atoms. The van der Waals surface area contributed by atoms with Crippen LogP contribution in [0.15, 0.2) is 54.6 Å². The zero-order valence-electron chi connectivity index (χ0n) is 11.4. The number of nitrogens with one attached hydrogen (secondary N) is 1. The summed E-state index contributed by atoms with van der Waals surface area (Å²) < 4.78 is 13.6. The van der Waals surface area contributed by atoms with Gasteiger partial charge >= 0.3 is 0 Å². The summed E-state index contributed by atoms with van der Waals surface area (Å²) in [7, 11) is 0. The fraction of sp³-hybridized carbons (Fsp3) is 0.222. The van der Waals surface area contributed by atoms with Crippen LogP contribution < -0.4 is 5.32 Å². The lowest BCUT2D eigenvalue weighted by atomic mass is 9.77. The maximum absolute atomic E-state index is 13.6. The Bertz CT molecular complexity index is 725. The summed E-state index contributed by atoms with van der Waals surface area (Å²) in [5.41, 5.74) is 3.18. The van der Waals surface area contributed by atoms with E-state index in [1.54, 1.807) is 6.07 Å². The van der Waals surface area contributed by atoms with Crippen molar-refractivity contribution in [3.05, 3.63) is 76.6 Å². The molecule has 0 saturated carbocycles. The van der Waals surface area contributed by atoms with Gasteiger partial charge in [0, 0.05) is 16.6 Å². The Morgan fingerprint density at radius 2 is 1.95 bits per heavy atom. The molecule has 2 aliphatic rings. The number of rotatable bonds is 1. The molecule has 0 unspecified atom stereocenters. The number of halogens is 2. The highest BCUT2D eigenvalue weighted by Crippen LogP contribution is 2.50. The van der Waals surface area contributed by atoms with Gasteiger partial charge in [-0.25, -0.2) is 4.39 Å². The van der Waals surface area contributed by atoms with Crippen LogP contribution in [0.25, 0.3) is 0 Å². The Balaban J connectivity index is 1.82. The normalized spacial score (nSPS) is 26.1.